The Morgan fingerprint density at radius 2 is 1.94 bits per heavy atom. The van der Waals surface area contributed by atoms with E-state index in [4.69, 9.17) is 0 Å². The first kappa shape index (κ1) is 13.4. The van der Waals surface area contributed by atoms with E-state index in [0.717, 1.165) is 25.2 Å². The highest BCUT2D eigenvalue weighted by Crippen LogP contribution is 2.20. The predicted octanol–water partition coefficient (Wildman–Crippen LogP) is 2.81. The fourth-order valence-electron chi connectivity index (χ4n) is 2.35. The van der Waals surface area contributed by atoms with Crippen molar-refractivity contribution in [3.05, 3.63) is 35.4 Å². The predicted molar refractivity (Wildman–Crippen MR) is 68.7 cm³/mol. The van der Waals surface area contributed by atoms with Gasteiger partial charge < -0.3 is 5.32 Å². The summed E-state index contributed by atoms with van der Waals surface area (Å²) in [5.41, 5.74) is 1.20. The summed E-state index contributed by atoms with van der Waals surface area (Å²) in [6, 6.07) is 7.60. The summed E-state index contributed by atoms with van der Waals surface area (Å²) in [5, 5.41) is 3.43. The lowest BCUT2D eigenvalue weighted by molar-refractivity contribution is 0.130. The molecule has 1 heterocycles. The third-order valence-corrected chi connectivity index (χ3v) is 3.78. The van der Waals surface area contributed by atoms with Gasteiger partial charge in [0.05, 0.1) is 0 Å². The van der Waals surface area contributed by atoms with E-state index in [-0.39, 0.29) is 5.56 Å². The molecule has 0 aromatic heterocycles. The third kappa shape index (κ3) is 3.06. The molecule has 0 amide bonds. The lowest BCUT2D eigenvalue weighted by Gasteiger charge is -2.38. The summed E-state index contributed by atoms with van der Waals surface area (Å²) in [7, 11) is 0. The Morgan fingerprint density at radius 1 is 1.28 bits per heavy atom. The summed E-state index contributed by atoms with van der Waals surface area (Å²) in [6.07, 6.45) is -2.38. The van der Waals surface area contributed by atoms with Crippen LogP contribution in [0.25, 0.3) is 0 Å². The van der Waals surface area contributed by atoms with E-state index in [2.05, 4.69) is 24.1 Å². The van der Waals surface area contributed by atoms with Gasteiger partial charge in [-0.15, -0.1) is 0 Å². The van der Waals surface area contributed by atoms with E-state index >= 15 is 0 Å². The van der Waals surface area contributed by atoms with E-state index in [1.54, 1.807) is 12.1 Å². The normalized spacial score (nSPS) is 25.6. The van der Waals surface area contributed by atoms with E-state index in [0.29, 0.717) is 12.1 Å². The minimum atomic E-state index is -2.38. The molecule has 0 aliphatic carbocycles. The molecular weight excluding hydrogens is 234 g/mol. The average molecular weight is 254 g/mol. The van der Waals surface area contributed by atoms with Crippen molar-refractivity contribution in [3.63, 3.8) is 0 Å². The van der Waals surface area contributed by atoms with Crippen molar-refractivity contribution in [2.45, 2.75) is 38.9 Å². The molecule has 0 radical (unpaired) electrons. The molecule has 2 unspecified atom stereocenters. The zero-order valence-electron chi connectivity index (χ0n) is 10.9. The van der Waals surface area contributed by atoms with Gasteiger partial charge in [-0.2, -0.15) is 0 Å². The molecule has 1 aliphatic rings. The molecule has 0 bridgehead atoms. The second-order valence-corrected chi connectivity index (χ2v) is 5.00. The monoisotopic (exact) mass is 254 g/mol. The molecule has 1 fully saturated rings. The zero-order chi connectivity index (χ0) is 13.1. The maximum atomic E-state index is 12.5. The van der Waals surface area contributed by atoms with Crippen LogP contribution in [0, 0.1) is 0 Å². The van der Waals surface area contributed by atoms with E-state index < -0.39 is 6.43 Å². The van der Waals surface area contributed by atoms with E-state index in [9.17, 15) is 8.78 Å². The van der Waals surface area contributed by atoms with Gasteiger partial charge in [-0.1, -0.05) is 24.3 Å². The van der Waals surface area contributed by atoms with Crippen LogP contribution in [0.2, 0.25) is 0 Å². The number of nitrogens with one attached hydrogen (secondary N) is 1. The fraction of sp³-hybridized carbons (Fsp3) is 0.571. The Labute approximate surface area is 107 Å². The Kier molecular flexibility index (Phi) is 4.30. The van der Waals surface area contributed by atoms with Gasteiger partial charge in [0.15, 0.2) is 0 Å². The number of nitrogens with zero attached hydrogens (tertiary/aromatic N) is 1. The van der Waals surface area contributed by atoms with Crippen LogP contribution < -0.4 is 5.32 Å². The molecule has 1 aromatic rings. The molecule has 0 spiro atoms. The van der Waals surface area contributed by atoms with E-state index in [1.165, 1.54) is 12.1 Å². The van der Waals surface area contributed by atoms with Crippen LogP contribution in [0.15, 0.2) is 24.3 Å². The maximum absolute atomic E-state index is 12.5. The molecular formula is C14H20F2N2. The number of rotatable bonds is 3. The number of piperazine rings is 1. The first-order valence-corrected chi connectivity index (χ1v) is 6.42. The lowest BCUT2D eigenvalue weighted by Crippen LogP contribution is -2.54. The van der Waals surface area contributed by atoms with Gasteiger partial charge in [-0.25, -0.2) is 8.78 Å². The average Bonchev–Trinajstić information content (AvgIpc) is 2.36. The standard InChI is InChI=1S/C14H20F2N2/c1-10-11(2)18(8-7-17-10)9-12-3-5-13(6-4-12)14(15)16/h3-6,10-11,14,17H,7-9H2,1-2H3. The van der Waals surface area contributed by atoms with Gasteiger partial charge in [0.1, 0.15) is 0 Å². The summed E-state index contributed by atoms with van der Waals surface area (Å²) < 4.78 is 24.9. The van der Waals surface area contributed by atoms with Gasteiger partial charge in [-0.3, -0.25) is 4.90 Å². The van der Waals surface area contributed by atoms with Crippen LogP contribution in [-0.4, -0.2) is 30.1 Å². The smallest absolute Gasteiger partial charge is 0.263 e. The van der Waals surface area contributed by atoms with Crippen molar-refractivity contribution in [1.82, 2.24) is 10.2 Å². The Hall–Kier alpha value is -1.00. The Bertz CT molecular complexity index is 378. The topological polar surface area (TPSA) is 15.3 Å². The van der Waals surface area contributed by atoms with Gasteiger partial charge in [0.25, 0.3) is 6.43 Å². The molecule has 100 valence electrons. The first-order valence-electron chi connectivity index (χ1n) is 6.42. The van der Waals surface area contributed by atoms with Crippen LogP contribution in [-0.2, 0) is 6.54 Å². The highest BCUT2D eigenvalue weighted by molar-refractivity contribution is 5.23. The van der Waals surface area contributed by atoms with Crippen molar-refractivity contribution in [3.8, 4) is 0 Å². The van der Waals surface area contributed by atoms with Crippen molar-refractivity contribution >= 4 is 0 Å². The fourth-order valence-corrected chi connectivity index (χ4v) is 2.35. The highest BCUT2D eigenvalue weighted by atomic mass is 19.3. The Morgan fingerprint density at radius 3 is 2.56 bits per heavy atom. The van der Waals surface area contributed by atoms with Crippen molar-refractivity contribution < 1.29 is 8.78 Å². The van der Waals surface area contributed by atoms with Crippen LogP contribution in [0.5, 0.6) is 0 Å². The zero-order valence-corrected chi connectivity index (χ0v) is 10.9. The van der Waals surface area contributed by atoms with Crippen LogP contribution in [0.1, 0.15) is 31.4 Å². The SMILES string of the molecule is CC1NCCN(Cc2ccc(C(F)F)cc2)C1C. The molecule has 1 aromatic carbocycles. The number of hydrogen-bond acceptors (Lipinski definition) is 2. The molecule has 2 atom stereocenters. The molecule has 1 N–H and O–H groups in total. The van der Waals surface area contributed by atoms with E-state index in [1.807, 2.05) is 0 Å². The second kappa shape index (κ2) is 5.76. The van der Waals surface area contributed by atoms with Crippen LogP contribution >= 0.6 is 0 Å². The molecule has 2 nitrogen and oxygen atoms in total. The van der Waals surface area contributed by atoms with Gasteiger partial charge >= 0.3 is 0 Å². The minimum absolute atomic E-state index is 0.0977. The largest absolute Gasteiger partial charge is 0.311 e. The molecule has 18 heavy (non-hydrogen) atoms. The molecule has 1 aliphatic heterocycles. The number of alkyl halides is 2. The van der Waals surface area contributed by atoms with Crippen molar-refractivity contribution in [2.24, 2.45) is 0 Å². The molecule has 0 saturated carbocycles. The summed E-state index contributed by atoms with van der Waals surface area (Å²) >= 11 is 0. The number of hydrogen-bond donors (Lipinski definition) is 1. The van der Waals surface area contributed by atoms with Gasteiger partial charge in [0, 0.05) is 37.3 Å². The second-order valence-electron chi connectivity index (χ2n) is 5.00. The molecule has 4 heteroatoms. The van der Waals surface area contributed by atoms with Crippen molar-refractivity contribution in [2.75, 3.05) is 13.1 Å². The number of halogens is 2. The van der Waals surface area contributed by atoms with Gasteiger partial charge in [0.2, 0.25) is 0 Å². The summed E-state index contributed by atoms with van der Waals surface area (Å²) in [4.78, 5) is 2.39. The maximum Gasteiger partial charge on any atom is 0.263 e. The molecule has 1 saturated heterocycles. The Balaban J connectivity index is 2.00. The summed E-state index contributed by atoms with van der Waals surface area (Å²) in [5.74, 6) is 0. The first-order chi connectivity index (χ1) is 8.58. The quantitative estimate of drug-likeness (QED) is 0.892. The highest BCUT2D eigenvalue weighted by Gasteiger charge is 2.23. The van der Waals surface area contributed by atoms with Crippen LogP contribution in [0.4, 0.5) is 8.78 Å². The lowest BCUT2D eigenvalue weighted by atomic mass is 10.1. The van der Waals surface area contributed by atoms with Gasteiger partial charge in [-0.05, 0) is 19.4 Å². The number of benzene rings is 1. The van der Waals surface area contributed by atoms with Crippen molar-refractivity contribution in [1.29, 1.82) is 0 Å². The minimum Gasteiger partial charge on any atom is -0.311 e. The summed E-state index contributed by atoms with van der Waals surface area (Å²) in [6.45, 7) is 7.19. The van der Waals surface area contributed by atoms with Crippen LogP contribution in [0.3, 0.4) is 0 Å². The molecule has 2 rings (SSSR count). The third-order valence-electron chi connectivity index (χ3n) is 3.78.